The van der Waals surface area contributed by atoms with Gasteiger partial charge in [0.1, 0.15) is 5.78 Å². The molecule has 0 fully saturated rings. The van der Waals surface area contributed by atoms with Crippen LogP contribution in [0.1, 0.15) is 33.3 Å². The molecule has 0 radical (unpaired) electrons. The van der Waals surface area contributed by atoms with Gasteiger partial charge in [0.05, 0.1) is 16.1 Å². The first-order valence-electron chi connectivity index (χ1n) is 5.47. The fourth-order valence-corrected chi connectivity index (χ4v) is 1.91. The normalized spacial score (nSPS) is 13.5. The van der Waals surface area contributed by atoms with Crippen LogP contribution in [-0.4, -0.2) is 11.8 Å². The Labute approximate surface area is 112 Å². The number of hydrogen-bond donors (Lipinski definition) is 1. The van der Waals surface area contributed by atoms with E-state index in [-0.39, 0.29) is 17.4 Å². The van der Waals surface area contributed by atoms with Gasteiger partial charge in [-0.1, -0.05) is 29.3 Å². The van der Waals surface area contributed by atoms with Crippen molar-refractivity contribution in [2.45, 2.75) is 39.3 Å². The Balaban J connectivity index is 2.96. The summed E-state index contributed by atoms with van der Waals surface area (Å²) in [6.07, 6.45) is 0. The van der Waals surface area contributed by atoms with Crippen molar-refractivity contribution in [1.29, 1.82) is 0 Å². The quantitative estimate of drug-likeness (QED) is 0.904. The lowest BCUT2D eigenvalue weighted by Crippen LogP contribution is -2.45. The van der Waals surface area contributed by atoms with Gasteiger partial charge in [0.25, 0.3) is 0 Å². The van der Waals surface area contributed by atoms with Gasteiger partial charge in [-0.25, -0.2) is 0 Å². The van der Waals surface area contributed by atoms with E-state index in [1.165, 1.54) is 0 Å². The molecule has 0 saturated carbocycles. The minimum Gasteiger partial charge on any atom is -0.299 e. The number of Topliss-reactive ketones (excluding diaryl/α,β-unsaturated/α-hetero) is 1. The third-order valence-corrected chi connectivity index (χ3v) is 3.57. The fourth-order valence-electron chi connectivity index (χ4n) is 1.61. The number of nitrogens with one attached hydrogen (secondary N) is 1. The zero-order valence-corrected chi connectivity index (χ0v) is 12.0. The summed E-state index contributed by atoms with van der Waals surface area (Å²) in [5, 5.41) is 4.32. The van der Waals surface area contributed by atoms with Gasteiger partial charge in [0.2, 0.25) is 0 Å². The number of hydrogen-bond acceptors (Lipinski definition) is 2. The molecule has 0 aromatic heterocycles. The summed E-state index contributed by atoms with van der Waals surface area (Å²) in [5.74, 6) is 0.109. The lowest BCUT2D eigenvalue weighted by Gasteiger charge is -2.30. The number of rotatable bonds is 4. The smallest absolute Gasteiger partial charge is 0.146 e. The molecular formula is C13H17Cl2NO. The van der Waals surface area contributed by atoms with Crippen molar-refractivity contribution in [3.8, 4) is 0 Å². The van der Waals surface area contributed by atoms with Gasteiger partial charge in [0.15, 0.2) is 0 Å². The van der Waals surface area contributed by atoms with Crippen LogP contribution in [-0.2, 0) is 10.3 Å². The topological polar surface area (TPSA) is 29.1 Å². The van der Waals surface area contributed by atoms with Crippen molar-refractivity contribution in [2.75, 3.05) is 0 Å². The Morgan fingerprint density at radius 2 is 1.88 bits per heavy atom. The highest BCUT2D eigenvalue weighted by Gasteiger charge is 2.24. The molecule has 2 nitrogen and oxygen atoms in total. The summed E-state index contributed by atoms with van der Waals surface area (Å²) >= 11 is 11.9. The van der Waals surface area contributed by atoms with Crippen molar-refractivity contribution >= 4 is 29.0 Å². The third kappa shape index (κ3) is 3.70. The van der Waals surface area contributed by atoms with Crippen molar-refractivity contribution in [3.63, 3.8) is 0 Å². The minimum atomic E-state index is -0.334. The second kappa shape index (κ2) is 5.38. The van der Waals surface area contributed by atoms with Crippen LogP contribution in [0.3, 0.4) is 0 Å². The van der Waals surface area contributed by atoms with E-state index in [1.54, 1.807) is 13.0 Å². The summed E-state index contributed by atoms with van der Waals surface area (Å²) in [5.41, 5.74) is 0.666. The molecule has 1 rings (SSSR count). The van der Waals surface area contributed by atoms with Crippen molar-refractivity contribution in [2.24, 2.45) is 0 Å². The van der Waals surface area contributed by atoms with E-state index in [0.29, 0.717) is 10.0 Å². The summed E-state index contributed by atoms with van der Waals surface area (Å²) in [6.45, 7) is 7.43. The van der Waals surface area contributed by atoms with E-state index >= 15 is 0 Å². The Bertz CT molecular complexity index is 429. The van der Waals surface area contributed by atoms with Gasteiger partial charge in [-0.3, -0.25) is 10.1 Å². The Kier molecular flexibility index (Phi) is 4.59. The second-order valence-electron chi connectivity index (χ2n) is 4.73. The molecule has 0 saturated heterocycles. The maximum atomic E-state index is 11.3. The lowest BCUT2D eigenvalue weighted by atomic mass is 9.93. The van der Waals surface area contributed by atoms with Gasteiger partial charge in [-0.2, -0.15) is 0 Å². The van der Waals surface area contributed by atoms with E-state index in [2.05, 4.69) is 5.32 Å². The molecule has 0 aliphatic carbocycles. The molecule has 1 aromatic rings. The molecule has 0 amide bonds. The van der Waals surface area contributed by atoms with E-state index in [0.717, 1.165) is 5.56 Å². The summed E-state index contributed by atoms with van der Waals surface area (Å²) in [7, 11) is 0. The lowest BCUT2D eigenvalue weighted by molar-refractivity contribution is -0.119. The molecule has 17 heavy (non-hydrogen) atoms. The number of halogens is 2. The molecule has 1 N–H and O–H groups in total. The van der Waals surface area contributed by atoms with Gasteiger partial charge in [-0.15, -0.1) is 0 Å². The maximum Gasteiger partial charge on any atom is 0.146 e. The molecule has 0 aliphatic rings. The van der Waals surface area contributed by atoms with Crippen LogP contribution in [0.25, 0.3) is 0 Å². The van der Waals surface area contributed by atoms with Crippen LogP contribution in [0.15, 0.2) is 18.2 Å². The van der Waals surface area contributed by atoms with Crippen LogP contribution in [0.2, 0.25) is 10.0 Å². The van der Waals surface area contributed by atoms with Crippen LogP contribution in [0.5, 0.6) is 0 Å². The molecule has 0 heterocycles. The molecule has 0 aliphatic heterocycles. The van der Waals surface area contributed by atoms with Gasteiger partial charge < -0.3 is 0 Å². The monoisotopic (exact) mass is 273 g/mol. The minimum absolute atomic E-state index is 0.109. The average molecular weight is 274 g/mol. The highest BCUT2D eigenvalue weighted by atomic mass is 35.5. The first-order valence-corrected chi connectivity index (χ1v) is 6.23. The molecule has 1 aromatic carbocycles. The maximum absolute atomic E-state index is 11.3. The Morgan fingerprint density at radius 1 is 1.29 bits per heavy atom. The van der Waals surface area contributed by atoms with E-state index in [9.17, 15) is 4.79 Å². The zero-order valence-electron chi connectivity index (χ0n) is 10.5. The second-order valence-corrected chi connectivity index (χ2v) is 5.54. The Morgan fingerprint density at radius 3 is 2.35 bits per heavy atom. The summed E-state index contributed by atoms with van der Waals surface area (Å²) < 4.78 is 0. The molecule has 1 unspecified atom stereocenters. The molecule has 1 atom stereocenters. The van der Waals surface area contributed by atoms with Gasteiger partial charge in [-0.05, 0) is 45.4 Å². The summed E-state index contributed by atoms with van der Waals surface area (Å²) in [6, 6.07) is 5.30. The zero-order chi connectivity index (χ0) is 13.2. The molecule has 4 heteroatoms. The van der Waals surface area contributed by atoms with Gasteiger partial charge in [0, 0.05) is 5.54 Å². The standard InChI is InChI=1S/C13H17Cl2NO/c1-8(9(2)17)16-13(3,4)10-5-6-11(14)12(15)7-10/h5-8,16H,1-4H3. The highest BCUT2D eigenvalue weighted by molar-refractivity contribution is 6.42. The predicted octanol–water partition coefficient (Wildman–Crippen LogP) is 3.80. The SMILES string of the molecule is CC(=O)C(C)NC(C)(C)c1ccc(Cl)c(Cl)c1. The first kappa shape index (κ1) is 14.5. The van der Waals surface area contributed by atoms with E-state index in [1.807, 2.05) is 32.9 Å². The van der Waals surface area contributed by atoms with Crippen LogP contribution >= 0.6 is 23.2 Å². The average Bonchev–Trinajstić information content (AvgIpc) is 2.21. The van der Waals surface area contributed by atoms with Crippen molar-refractivity contribution < 1.29 is 4.79 Å². The van der Waals surface area contributed by atoms with Crippen LogP contribution in [0, 0.1) is 0 Å². The van der Waals surface area contributed by atoms with Crippen LogP contribution in [0.4, 0.5) is 0 Å². The summed E-state index contributed by atoms with van der Waals surface area (Å²) in [4.78, 5) is 11.3. The molecule has 0 spiro atoms. The predicted molar refractivity (Wildman–Crippen MR) is 72.8 cm³/mol. The molecular weight excluding hydrogens is 257 g/mol. The number of carbonyl (C=O) groups is 1. The third-order valence-electron chi connectivity index (χ3n) is 2.83. The molecule has 94 valence electrons. The highest BCUT2D eigenvalue weighted by Crippen LogP contribution is 2.28. The van der Waals surface area contributed by atoms with Crippen LogP contribution < -0.4 is 5.32 Å². The molecule has 0 bridgehead atoms. The van der Waals surface area contributed by atoms with E-state index < -0.39 is 0 Å². The first-order chi connectivity index (χ1) is 7.74. The Hall–Kier alpha value is -0.570. The number of ketones is 1. The van der Waals surface area contributed by atoms with Crippen molar-refractivity contribution in [3.05, 3.63) is 33.8 Å². The van der Waals surface area contributed by atoms with Crippen molar-refractivity contribution in [1.82, 2.24) is 5.32 Å². The van der Waals surface area contributed by atoms with E-state index in [4.69, 9.17) is 23.2 Å². The van der Waals surface area contributed by atoms with Gasteiger partial charge >= 0.3 is 0 Å². The largest absolute Gasteiger partial charge is 0.299 e. The number of carbonyl (C=O) groups excluding carboxylic acids is 1. The number of benzene rings is 1. The fraction of sp³-hybridized carbons (Fsp3) is 0.462.